The molecule has 1 rings (SSSR count). The number of urea groups is 1. The van der Waals surface area contributed by atoms with Crippen molar-refractivity contribution < 1.29 is 9.53 Å². The summed E-state index contributed by atoms with van der Waals surface area (Å²) in [5, 5.41) is 0. The van der Waals surface area contributed by atoms with Crippen molar-refractivity contribution in [2.24, 2.45) is 5.84 Å². The zero-order valence-electron chi connectivity index (χ0n) is 8.88. The lowest BCUT2D eigenvalue weighted by atomic mass is 9.93. The van der Waals surface area contributed by atoms with Crippen molar-refractivity contribution in [1.29, 1.82) is 0 Å². The molecule has 82 valence electrons. The third-order valence-electron chi connectivity index (χ3n) is 2.72. The number of nitrogens with one attached hydrogen (secondary N) is 1. The molecule has 0 unspecified atom stereocenters. The van der Waals surface area contributed by atoms with Crippen LogP contribution in [0.5, 0.6) is 0 Å². The van der Waals surface area contributed by atoms with Crippen LogP contribution in [0.25, 0.3) is 0 Å². The number of rotatable bonds is 2. The molecule has 0 aromatic carbocycles. The first kappa shape index (κ1) is 11.3. The fourth-order valence-corrected chi connectivity index (χ4v) is 1.77. The molecule has 14 heavy (non-hydrogen) atoms. The number of piperidine rings is 1. The number of nitrogens with two attached hydrogens (primary N) is 1. The second-order valence-electron chi connectivity index (χ2n) is 3.82. The van der Waals surface area contributed by atoms with Crippen molar-refractivity contribution in [2.75, 3.05) is 19.7 Å². The van der Waals surface area contributed by atoms with Crippen molar-refractivity contribution in [3.8, 4) is 0 Å². The SMILES string of the molecule is CCOC1(C)CCN(C(=O)NN)CC1. The Balaban J connectivity index is 2.41. The second kappa shape index (κ2) is 4.61. The van der Waals surface area contributed by atoms with Crippen LogP contribution in [0.3, 0.4) is 0 Å². The number of nitrogens with zero attached hydrogens (tertiary/aromatic N) is 1. The van der Waals surface area contributed by atoms with Gasteiger partial charge in [0, 0.05) is 19.7 Å². The van der Waals surface area contributed by atoms with Gasteiger partial charge in [-0.2, -0.15) is 0 Å². The topological polar surface area (TPSA) is 67.6 Å². The van der Waals surface area contributed by atoms with E-state index in [9.17, 15) is 4.79 Å². The summed E-state index contributed by atoms with van der Waals surface area (Å²) in [5.74, 6) is 5.06. The summed E-state index contributed by atoms with van der Waals surface area (Å²) in [6, 6.07) is -0.205. The van der Waals surface area contributed by atoms with Crippen LogP contribution in [0.1, 0.15) is 26.7 Å². The second-order valence-corrected chi connectivity index (χ2v) is 3.82. The maximum Gasteiger partial charge on any atom is 0.331 e. The lowest BCUT2D eigenvalue weighted by Crippen LogP contribution is -2.51. The van der Waals surface area contributed by atoms with Gasteiger partial charge < -0.3 is 9.64 Å². The molecule has 0 bridgehead atoms. The van der Waals surface area contributed by atoms with Gasteiger partial charge in [-0.3, -0.25) is 5.43 Å². The van der Waals surface area contributed by atoms with Crippen LogP contribution in [0.2, 0.25) is 0 Å². The van der Waals surface area contributed by atoms with Crippen LogP contribution in [-0.4, -0.2) is 36.2 Å². The van der Waals surface area contributed by atoms with E-state index < -0.39 is 0 Å². The monoisotopic (exact) mass is 201 g/mol. The zero-order valence-corrected chi connectivity index (χ0v) is 8.88. The molecule has 1 fully saturated rings. The first-order valence-corrected chi connectivity index (χ1v) is 5.01. The molecule has 0 aromatic rings. The Hall–Kier alpha value is -0.810. The van der Waals surface area contributed by atoms with Crippen LogP contribution in [0.4, 0.5) is 4.79 Å². The zero-order chi connectivity index (χ0) is 10.6. The first-order chi connectivity index (χ1) is 6.61. The quantitative estimate of drug-likeness (QED) is 0.387. The lowest BCUT2D eigenvalue weighted by Gasteiger charge is -2.38. The van der Waals surface area contributed by atoms with Crippen LogP contribution in [-0.2, 0) is 4.74 Å². The van der Waals surface area contributed by atoms with Crippen LogP contribution in [0.15, 0.2) is 0 Å². The van der Waals surface area contributed by atoms with Gasteiger partial charge in [0.15, 0.2) is 0 Å². The molecule has 5 heteroatoms. The fraction of sp³-hybridized carbons (Fsp3) is 0.889. The molecule has 2 amide bonds. The summed E-state index contributed by atoms with van der Waals surface area (Å²) in [6.07, 6.45) is 1.74. The highest BCUT2D eigenvalue weighted by molar-refractivity contribution is 5.73. The van der Waals surface area contributed by atoms with E-state index in [4.69, 9.17) is 10.6 Å². The molecule has 0 radical (unpaired) electrons. The van der Waals surface area contributed by atoms with Crippen molar-refractivity contribution in [1.82, 2.24) is 10.3 Å². The van der Waals surface area contributed by atoms with Gasteiger partial charge in [-0.15, -0.1) is 0 Å². The van der Waals surface area contributed by atoms with E-state index in [0.717, 1.165) is 19.4 Å². The van der Waals surface area contributed by atoms with Gasteiger partial charge in [0.1, 0.15) is 0 Å². The molecule has 0 aromatic heterocycles. The van der Waals surface area contributed by atoms with Gasteiger partial charge in [0.25, 0.3) is 0 Å². The van der Waals surface area contributed by atoms with Gasteiger partial charge in [-0.25, -0.2) is 10.6 Å². The number of carbonyl (C=O) groups excluding carboxylic acids is 1. The van der Waals surface area contributed by atoms with E-state index in [0.29, 0.717) is 13.1 Å². The summed E-state index contributed by atoms with van der Waals surface area (Å²) in [5.41, 5.74) is 2.07. The highest BCUT2D eigenvalue weighted by atomic mass is 16.5. The molecule has 0 aliphatic carbocycles. The third kappa shape index (κ3) is 2.59. The Bertz CT molecular complexity index is 200. The lowest BCUT2D eigenvalue weighted by molar-refractivity contribution is -0.0595. The largest absolute Gasteiger partial charge is 0.375 e. The number of amides is 2. The van der Waals surface area contributed by atoms with E-state index in [2.05, 4.69) is 12.3 Å². The summed E-state index contributed by atoms with van der Waals surface area (Å²) in [6.45, 7) is 6.22. The Kier molecular flexibility index (Phi) is 3.71. The van der Waals surface area contributed by atoms with Gasteiger partial charge in [-0.1, -0.05) is 0 Å². The van der Waals surface area contributed by atoms with Crippen molar-refractivity contribution >= 4 is 6.03 Å². The van der Waals surface area contributed by atoms with Crippen LogP contribution in [0, 0.1) is 0 Å². The smallest absolute Gasteiger partial charge is 0.331 e. The standard InChI is InChI=1S/C9H19N3O2/c1-3-14-9(2)4-6-12(7-5-9)8(13)11-10/h3-7,10H2,1-2H3,(H,11,13). The summed E-state index contributed by atoms with van der Waals surface area (Å²) >= 11 is 0. The first-order valence-electron chi connectivity index (χ1n) is 5.01. The maximum atomic E-state index is 11.2. The maximum absolute atomic E-state index is 11.2. The molecule has 0 saturated carbocycles. The molecule has 1 heterocycles. The molecule has 1 aliphatic heterocycles. The Labute approximate surface area is 84.5 Å². The molecule has 0 atom stereocenters. The number of carbonyl (C=O) groups is 1. The molecule has 1 saturated heterocycles. The molecule has 1 aliphatic rings. The van der Waals surface area contributed by atoms with E-state index in [-0.39, 0.29) is 11.6 Å². The molecule has 0 spiro atoms. The van der Waals surface area contributed by atoms with Crippen molar-refractivity contribution in [3.05, 3.63) is 0 Å². The van der Waals surface area contributed by atoms with E-state index in [1.807, 2.05) is 6.92 Å². The highest BCUT2D eigenvalue weighted by Crippen LogP contribution is 2.25. The molecular weight excluding hydrogens is 182 g/mol. The Morgan fingerprint density at radius 1 is 1.57 bits per heavy atom. The number of likely N-dealkylation sites (tertiary alicyclic amines) is 1. The van der Waals surface area contributed by atoms with Gasteiger partial charge in [-0.05, 0) is 26.7 Å². The third-order valence-corrected chi connectivity index (χ3v) is 2.72. The number of hydrogen-bond acceptors (Lipinski definition) is 3. The fourth-order valence-electron chi connectivity index (χ4n) is 1.77. The predicted octanol–water partition coefficient (Wildman–Crippen LogP) is 0.461. The predicted molar refractivity (Wildman–Crippen MR) is 53.6 cm³/mol. The normalized spacial score (nSPS) is 20.6. The average Bonchev–Trinajstić information content (AvgIpc) is 2.18. The van der Waals surface area contributed by atoms with Crippen molar-refractivity contribution in [2.45, 2.75) is 32.3 Å². The minimum Gasteiger partial charge on any atom is -0.375 e. The average molecular weight is 201 g/mol. The highest BCUT2D eigenvalue weighted by Gasteiger charge is 2.31. The van der Waals surface area contributed by atoms with Crippen LogP contribution >= 0.6 is 0 Å². The van der Waals surface area contributed by atoms with E-state index in [1.165, 1.54) is 0 Å². The molecule has 5 nitrogen and oxygen atoms in total. The number of hydrogen-bond donors (Lipinski definition) is 2. The van der Waals surface area contributed by atoms with E-state index in [1.54, 1.807) is 4.90 Å². The molecular formula is C9H19N3O2. The van der Waals surface area contributed by atoms with E-state index >= 15 is 0 Å². The van der Waals surface area contributed by atoms with Gasteiger partial charge in [0.05, 0.1) is 5.60 Å². The molecule has 3 N–H and O–H groups in total. The van der Waals surface area contributed by atoms with Gasteiger partial charge in [0.2, 0.25) is 0 Å². The minimum absolute atomic E-state index is 0.0693. The summed E-state index contributed by atoms with van der Waals surface area (Å²) in [4.78, 5) is 12.9. The van der Waals surface area contributed by atoms with Crippen molar-refractivity contribution in [3.63, 3.8) is 0 Å². The summed E-state index contributed by atoms with van der Waals surface area (Å²) in [7, 11) is 0. The summed E-state index contributed by atoms with van der Waals surface area (Å²) < 4.78 is 5.64. The minimum atomic E-state index is -0.205. The van der Waals surface area contributed by atoms with Gasteiger partial charge >= 0.3 is 6.03 Å². The Morgan fingerprint density at radius 2 is 2.14 bits per heavy atom. The van der Waals surface area contributed by atoms with Crippen LogP contribution < -0.4 is 11.3 Å². The Morgan fingerprint density at radius 3 is 2.57 bits per heavy atom. The number of hydrazine groups is 1. The number of ether oxygens (including phenoxy) is 1.